The van der Waals surface area contributed by atoms with Crippen molar-refractivity contribution in [3.8, 4) is 0 Å². The quantitative estimate of drug-likeness (QED) is 0.690. The fourth-order valence-electron chi connectivity index (χ4n) is 1.41. The first kappa shape index (κ1) is 7.98. The van der Waals surface area contributed by atoms with E-state index in [1.54, 1.807) is 13.1 Å². The first-order valence-corrected chi connectivity index (χ1v) is 4.17. The van der Waals surface area contributed by atoms with Crippen LogP contribution in [0.2, 0.25) is 0 Å². The third kappa shape index (κ3) is 1.45. The topological polar surface area (TPSA) is 34.4 Å². The van der Waals surface area contributed by atoms with E-state index < -0.39 is 0 Å². The van der Waals surface area contributed by atoms with Crippen LogP contribution in [0, 0.1) is 0 Å². The second-order valence-corrected chi connectivity index (χ2v) is 3.07. The van der Waals surface area contributed by atoms with Crippen LogP contribution in [0.4, 0.5) is 0 Å². The highest BCUT2D eigenvalue weighted by Crippen LogP contribution is 2.09. The predicted octanol–water partition coefficient (Wildman–Crippen LogP) is 1.47. The standard InChI is InChI=1S/C10H10N2O/c1-8(13)7-9-3-2-5-12-6-4-11-10(9)12/h2-6H,7H2,1H3. The highest BCUT2D eigenvalue weighted by atomic mass is 16.1. The SMILES string of the molecule is CC(=O)Cc1cccn2ccnc12. The van der Waals surface area contributed by atoms with Crippen LogP contribution in [0.25, 0.3) is 5.65 Å². The number of rotatable bonds is 2. The molecule has 2 aromatic rings. The number of hydrogen-bond acceptors (Lipinski definition) is 2. The summed E-state index contributed by atoms with van der Waals surface area (Å²) in [5.74, 6) is 0.163. The van der Waals surface area contributed by atoms with E-state index in [9.17, 15) is 4.79 Å². The summed E-state index contributed by atoms with van der Waals surface area (Å²) in [7, 11) is 0. The molecule has 0 aliphatic rings. The van der Waals surface area contributed by atoms with Crippen LogP contribution < -0.4 is 0 Å². The van der Waals surface area contributed by atoms with E-state index in [0.29, 0.717) is 6.42 Å². The number of hydrogen-bond donors (Lipinski definition) is 0. The third-order valence-corrected chi connectivity index (χ3v) is 1.94. The minimum Gasteiger partial charge on any atom is -0.307 e. The molecule has 0 saturated carbocycles. The zero-order chi connectivity index (χ0) is 9.26. The molecule has 3 nitrogen and oxygen atoms in total. The Labute approximate surface area is 76.0 Å². The van der Waals surface area contributed by atoms with Gasteiger partial charge < -0.3 is 4.40 Å². The lowest BCUT2D eigenvalue weighted by molar-refractivity contribution is -0.116. The molecule has 0 aromatic carbocycles. The van der Waals surface area contributed by atoms with Gasteiger partial charge in [-0.1, -0.05) is 6.07 Å². The summed E-state index contributed by atoms with van der Waals surface area (Å²) < 4.78 is 1.91. The molecule has 0 radical (unpaired) electrons. The molecule has 0 atom stereocenters. The first-order chi connectivity index (χ1) is 6.27. The molecular weight excluding hydrogens is 164 g/mol. The van der Waals surface area contributed by atoms with Gasteiger partial charge in [0, 0.05) is 30.6 Å². The molecule has 0 aliphatic carbocycles. The minimum absolute atomic E-state index is 0.163. The fourth-order valence-corrected chi connectivity index (χ4v) is 1.41. The molecule has 0 saturated heterocycles. The van der Waals surface area contributed by atoms with E-state index in [0.717, 1.165) is 11.2 Å². The van der Waals surface area contributed by atoms with Crippen LogP contribution >= 0.6 is 0 Å². The first-order valence-electron chi connectivity index (χ1n) is 4.17. The number of Topliss-reactive ketones (excluding diaryl/α,β-unsaturated/α-hetero) is 1. The maximum atomic E-state index is 10.9. The monoisotopic (exact) mass is 174 g/mol. The molecule has 66 valence electrons. The van der Waals surface area contributed by atoms with Crippen molar-refractivity contribution in [2.45, 2.75) is 13.3 Å². The number of aromatic nitrogens is 2. The normalized spacial score (nSPS) is 10.5. The van der Waals surface area contributed by atoms with Gasteiger partial charge in [-0.3, -0.25) is 4.79 Å². The van der Waals surface area contributed by atoms with Crippen LogP contribution in [0.1, 0.15) is 12.5 Å². The molecule has 2 aromatic heterocycles. The molecule has 2 rings (SSSR count). The lowest BCUT2D eigenvalue weighted by atomic mass is 10.1. The fraction of sp³-hybridized carbons (Fsp3) is 0.200. The average molecular weight is 174 g/mol. The van der Waals surface area contributed by atoms with E-state index in [-0.39, 0.29) is 5.78 Å². The van der Waals surface area contributed by atoms with E-state index in [1.165, 1.54) is 0 Å². The zero-order valence-corrected chi connectivity index (χ0v) is 7.40. The Balaban J connectivity index is 2.54. The number of fused-ring (bicyclic) bond motifs is 1. The molecule has 13 heavy (non-hydrogen) atoms. The van der Waals surface area contributed by atoms with Gasteiger partial charge in [0.2, 0.25) is 0 Å². The number of carbonyl (C=O) groups is 1. The molecule has 0 amide bonds. The van der Waals surface area contributed by atoms with Crippen LogP contribution in [-0.4, -0.2) is 15.2 Å². The molecule has 0 spiro atoms. The summed E-state index contributed by atoms with van der Waals surface area (Å²) >= 11 is 0. The number of pyridine rings is 1. The summed E-state index contributed by atoms with van der Waals surface area (Å²) in [5.41, 5.74) is 1.86. The Morgan fingerprint density at radius 1 is 1.54 bits per heavy atom. The van der Waals surface area contributed by atoms with E-state index in [4.69, 9.17) is 0 Å². The molecular formula is C10H10N2O. The van der Waals surface area contributed by atoms with Gasteiger partial charge in [0.15, 0.2) is 0 Å². The van der Waals surface area contributed by atoms with Crippen LogP contribution in [0.15, 0.2) is 30.7 Å². The van der Waals surface area contributed by atoms with Crippen molar-refractivity contribution in [2.24, 2.45) is 0 Å². The Bertz CT molecular complexity index is 445. The van der Waals surface area contributed by atoms with Crippen molar-refractivity contribution >= 4 is 11.4 Å². The molecule has 0 fully saturated rings. The lowest BCUT2D eigenvalue weighted by Gasteiger charge is -1.99. The second-order valence-electron chi connectivity index (χ2n) is 3.07. The molecule has 3 heteroatoms. The summed E-state index contributed by atoms with van der Waals surface area (Å²) in [6, 6.07) is 3.86. The zero-order valence-electron chi connectivity index (χ0n) is 7.40. The number of imidazole rings is 1. The van der Waals surface area contributed by atoms with Crippen molar-refractivity contribution in [3.63, 3.8) is 0 Å². The molecule has 2 heterocycles. The maximum absolute atomic E-state index is 10.9. The Morgan fingerprint density at radius 2 is 2.38 bits per heavy atom. The van der Waals surface area contributed by atoms with E-state index in [1.807, 2.05) is 28.9 Å². The number of carbonyl (C=O) groups excluding carboxylic acids is 1. The van der Waals surface area contributed by atoms with Crippen molar-refractivity contribution in [1.29, 1.82) is 0 Å². The van der Waals surface area contributed by atoms with Gasteiger partial charge in [-0.2, -0.15) is 0 Å². The van der Waals surface area contributed by atoms with Crippen molar-refractivity contribution < 1.29 is 4.79 Å². The Morgan fingerprint density at radius 3 is 3.15 bits per heavy atom. The Hall–Kier alpha value is -1.64. The van der Waals surface area contributed by atoms with Gasteiger partial charge in [-0.15, -0.1) is 0 Å². The van der Waals surface area contributed by atoms with Gasteiger partial charge in [0.05, 0.1) is 0 Å². The summed E-state index contributed by atoms with van der Waals surface area (Å²) in [6.45, 7) is 1.59. The van der Waals surface area contributed by atoms with Gasteiger partial charge in [0.1, 0.15) is 11.4 Å². The molecule has 0 N–H and O–H groups in total. The van der Waals surface area contributed by atoms with E-state index >= 15 is 0 Å². The largest absolute Gasteiger partial charge is 0.307 e. The summed E-state index contributed by atoms with van der Waals surface area (Å²) in [4.78, 5) is 15.1. The number of nitrogens with zero attached hydrogens (tertiary/aromatic N) is 2. The van der Waals surface area contributed by atoms with Crippen LogP contribution in [0.5, 0.6) is 0 Å². The highest BCUT2D eigenvalue weighted by Gasteiger charge is 2.03. The minimum atomic E-state index is 0.163. The second kappa shape index (κ2) is 3.01. The third-order valence-electron chi connectivity index (χ3n) is 1.94. The lowest BCUT2D eigenvalue weighted by Crippen LogP contribution is -1.99. The van der Waals surface area contributed by atoms with Crippen LogP contribution in [0.3, 0.4) is 0 Å². The highest BCUT2D eigenvalue weighted by molar-refractivity contribution is 5.80. The molecule has 0 bridgehead atoms. The maximum Gasteiger partial charge on any atom is 0.140 e. The molecule has 0 aliphatic heterocycles. The van der Waals surface area contributed by atoms with Gasteiger partial charge >= 0.3 is 0 Å². The average Bonchev–Trinajstić information content (AvgIpc) is 2.51. The molecule has 0 unspecified atom stereocenters. The smallest absolute Gasteiger partial charge is 0.140 e. The van der Waals surface area contributed by atoms with Gasteiger partial charge in [-0.05, 0) is 13.0 Å². The van der Waals surface area contributed by atoms with E-state index in [2.05, 4.69) is 4.98 Å². The van der Waals surface area contributed by atoms with Crippen LogP contribution in [-0.2, 0) is 11.2 Å². The van der Waals surface area contributed by atoms with Crippen molar-refractivity contribution in [1.82, 2.24) is 9.38 Å². The number of ketones is 1. The summed E-state index contributed by atoms with van der Waals surface area (Å²) in [5, 5.41) is 0. The van der Waals surface area contributed by atoms with Gasteiger partial charge in [0.25, 0.3) is 0 Å². The van der Waals surface area contributed by atoms with Crippen molar-refractivity contribution in [3.05, 3.63) is 36.3 Å². The Kier molecular flexibility index (Phi) is 1.85. The predicted molar refractivity (Wildman–Crippen MR) is 49.6 cm³/mol. The van der Waals surface area contributed by atoms with Gasteiger partial charge in [-0.25, -0.2) is 4.98 Å². The summed E-state index contributed by atoms with van der Waals surface area (Å²) in [6.07, 6.45) is 5.99. The van der Waals surface area contributed by atoms with Crippen molar-refractivity contribution in [2.75, 3.05) is 0 Å².